The molecule has 0 fully saturated rings. The minimum absolute atomic E-state index is 0.0208. The van der Waals surface area contributed by atoms with Crippen molar-refractivity contribution in [1.29, 1.82) is 0 Å². The summed E-state index contributed by atoms with van der Waals surface area (Å²) in [5.74, 6) is 0.957. The lowest BCUT2D eigenvalue weighted by molar-refractivity contribution is -0.115. The number of anilines is 2. The van der Waals surface area contributed by atoms with Crippen molar-refractivity contribution >= 4 is 29.0 Å². The van der Waals surface area contributed by atoms with Gasteiger partial charge in [0.2, 0.25) is 5.91 Å². The first kappa shape index (κ1) is 11.9. The number of hydrogen-bond donors (Lipinski definition) is 2. The number of rotatable bonds is 4. The Kier molecular flexibility index (Phi) is 4.49. The molecule has 1 unspecified atom stereocenters. The molecule has 0 bridgehead atoms. The van der Waals surface area contributed by atoms with Crippen molar-refractivity contribution in [2.45, 2.75) is 19.1 Å². The largest absolute Gasteiger partial charge is 0.399 e. The minimum Gasteiger partial charge on any atom is -0.399 e. The van der Waals surface area contributed by atoms with Crippen LogP contribution in [0.1, 0.15) is 13.8 Å². The van der Waals surface area contributed by atoms with Crippen LogP contribution < -0.4 is 11.1 Å². The zero-order valence-corrected chi connectivity index (χ0v) is 9.80. The Morgan fingerprint density at radius 2 is 2.33 bits per heavy atom. The molecule has 0 spiro atoms. The number of hydrogen-bond acceptors (Lipinski definition) is 3. The molecule has 1 amide bonds. The highest BCUT2D eigenvalue weighted by atomic mass is 32.2. The number of thioether (sulfide) groups is 1. The van der Waals surface area contributed by atoms with Crippen molar-refractivity contribution in [2.75, 3.05) is 16.8 Å². The summed E-state index contributed by atoms with van der Waals surface area (Å²) in [6.45, 7) is 3.94. The number of nitrogen functional groups attached to an aromatic ring is 1. The van der Waals surface area contributed by atoms with E-state index in [0.29, 0.717) is 5.69 Å². The average Bonchev–Trinajstić information content (AvgIpc) is 2.18. The highest BCUT2D eigenvalue weighted by Gasteiger charge is 2.11. The first-order valence-corrected chi connectivity index (χ1v) is 5.96. The minimum atomic E-state index is -0.0311. The van der Waals surface area contributed by atoms with Crippen molar-refractivity contribution in [3.63, 3.8) is 0 Å². The van der Waals surface area contributed by atoms with Gasteiger partial charge in [0.1, 0.15) is 0 Å². The second-order valence-electron chi connectivity index (χ2n) is 3.21. The van der Waals surface area contributed by atoms with Crippen LogP contribution in [0.15, 0.2) is 24.3 Å². The molecule has 0 aliphatic carbocycles. The van der Waals surface area contributed by atoms with Gasteiger partial charge in [-0.3, -0.25) is 4.79 Å². The van der Waals surface area contributed by atoms with Crippen LogP contribution in [0.25, 0.3) is 0 Å². The molecule has 1 aromatic rings. The normalized spacial score (nSPS) is 12.1. The molecule has 0 aliphatic rings. The van der Waals surface area contributed by atoms with Gasteiger partial charge in [-0.15, -0.1) is 11.8 Å². The Labute approximate surface area is 94.4 Å². The van der Waals surface area contributed by atoms with E-state index in [9.17, 15) is 4.79 Å². The Balaban J connectivity index is 2.58. The highest BCUT2D eigenvalue weighted by molar-refractivity contribution is 8.00. The van der Waals surface area contributed by atoms with Crippen molar-refractivity contribution < 1.29 is 4.79 Å². The SMILES string of the molecule is CCSC(C)C(=O)Nc1cccc(N)c1. The number of amides is 1. The van der Waals surface area contributed by atoms with Crippen LogP contribution >= 0.6 is 11.8 Å². The van der Waals surface area contributed by atoms with E-state index < -0.39 is 0 Å². The molecule has 1 rings (SSSR count). The van der Waals surface area contributed by atoms with Crippen molar-refractivity contribution in [2.24, 2.45) is 0 Å². The first-order chi connectivity index (χ1) is 7.13. The molecule has 0 heterocycles. The lowest BCUT2D eigenvalue weighted by Crippen LogP contribution is -2.22. The van der Waals surface area contributed by atoms with Crippen LogP contribution in [0.3, 0.4) is 0 Å². The zero-order chi connectivity index (χ0) is 11.3. The van der Waals surface area contributed by atoms with Gasteiger partial charge >= 0.3 is 0 Å². The fraction of sp³-hybridized carbons (Fsp3) is 0.364. The van der Waals surface area contributed by atoms with Crippen LogP contribution in [0, 0.1) is 0 Å². The molecule has 0 aliphatic heterocycles. The summed E-state index contributed by atoms with van der Waals surface area (Å²) in [6.07, 6.45) is 0. The van der Waals surface area contributed by atoms with E-state index in [-0.39, 0.29) is 11.2 Å². The van der Waals surface area contributed by atoms with E-state index in [0.717, 1.165) is 11.4 Å². The standard InChI is InChI=1S/C11H16N2OS/c1-3-15-8(2)11(14)13-10-6-4-5-9(12)7-10/h4-8H,3,12H2,1-2H3,(H,13,14). The van der Waals surface area contributed by atoms with Crippen LogP contribution in [-0.4, -0.2) is 16.9 Å². The van der Waals surface area contributed by atoms with Gasteiger partial charge in [0.25, 0.3) is 0 Å². The van der Waals surface area contributed by atoms with E-state index in [4.69, 9.17) is 5.73 Å². The van der Waals surface area contributed by atoms with Gasteiger partial charge in [-0.1, -0.05) is 13.0 Å². The zero-order valence-electron chi connectivity index (χ0n) is 8.99. The molecule has 82 valence electrons. The Bertz CT molecular complexity index is 341. The Morgan fingerprint density at radius 3 is 2.93 bits per heavy atom. The highest BCUT2D eigenvalue weighted by Crippen LogP contribution is 2.15. The third kappa shape index (κ3) is 3.83. The molecule has 0 saturated carbocycles. The monoisotopic (exact) mass is 224 g/mol. The molecular formula is C11H16N2OS. The third-order valence-electron chi connectivity index (χ3n) is 1.94. The molecule has 3 N–H and O–H groups in total. The van der Waals surface area contributed by atoms with Gasteiger partial charge in [-0.2, -0.15) is 0 Å². The van der Waals surface area contributed by atoms with Crippen molar-refractivity contribution in [3.8, 4) is 0 Å². The second-order valence-corrected chi connectivity index (χ2v) is 4.83. The van der Waals surface area contributed by atoms with E-state index in [2.05, 4.69) is 5.32 Å². The van der Waals surface area contributed by atoms with Crippen LogP contribution in [-0.2, 0) is 4.79 Å². The number of nitrogens with one attached hydrogen (secondary N) is 1. The average molecular weight is 224 g/mol. The maximum absolute atomic E-state index is 11.6. The quantitative estimate of drug-likeness (QED) is 0.772. The predicted octanol–water partition coefficient (Wildman–Crippen LogP) is 2.35. The fourth-order valence-electron chi connectivity index (χ4n) is 1.19. The molecule has 3 nitrogen and oxygen atoms in total. The molecule has 0 aromatic heterocycles. The summed E-state index contributed by atoms with van der Waals surface area (Å²) in [5.41, 5.74) is 7.02. The van der Waals surface area contributed by atoms with Crippen LogP contribution in [0.4, 0.5) is 11.4 Å². The second kappa shape index (κ2) is 5.66. The number of nitrogens with two attached hydrogens (primary N) is 1. The van der Waals surface area contributed by atoms with E-state index in [1.54, 1.807) is 23.9 Å². The first-order valence-electron chi connectivity index (χ1n) is 4.91. The molecular weight excluding hydrogens is 208 g/mol. The Hall–Kier alpha value is -1.16. The molecule has 15 heavy (non-hydrogen) atoms. The fourth-order valence-corrected chi connectivity index (χ4v) is 1.90. The van der Waals surface area contributed by atoms with Gasteiger partial charge < -0.3 is 11.1 Å². The summed E-state index contributed by atoms with van der Waals surface area (Å²) in [5, 5.41) is 2.80. The van der Waals surface area contributed by atoms with E-state index in [1.807, 2.05) is 26.0 Å². The molecule has 1 atom stereocenters. The maximum atomic E-state index is 11.6. The molecule has 0 saturated heterocycles. The lowest BCUT2D eigenvalue weighted by Gasteiger charge is -2.10. The van der Waals surface area contributed by atoms with Gasteiger partial charge in [0, 0.05) is 11.4 Å². The third-order valence-corrected chi connectivity index (χ3v) is 2.99. The van der Waals surface area contributed by atoms with Gasteiger partial charge in [0.05, 0.1) is 5.25 Å². The lowest BCUT2D eigenvalue weighted by atomic mass is 10.3. The van der Waals surface area contributed by atoms with Crippen molar-refractivity contribution in [1.82, 2.24) is 0 Å². The topological polar surface area (TPSA) is 55.1 Å². The number of carbonyl (C=O) groups is 1. The number of benzene rings is 1. The number of carbonyl (C=O) groups excluding carboxylic acids is 1. The molecule has 0 radical (unpaired) electrons. The summed E-state index contributed by atoms with van der Waals surface area (Å²) in [7, 11) is 0. The van der Waals surface area contributed by atoms with Gasteiger partial charge in [-0.05, 0) is 30.9 Å². The van der Waals surface area contributed by atoms with Crippen molar-refractivity contribution in [3.05, 3.63) is 24.3 Å². The van der Waals surface area contributed by atoms with Gasteiger partial charge in [-0.25, -0.2) is 0 Å². The van der Waals surface area contributed by atoms with E-state index in [1.165, 1.54) is 0 Å². The summed E-state index contributed by atoms with van der Waals surface area (Å²) in [4.78, 5) is 11.6. The summed E-state index contributed by atoms with van der Waals surface area (Å²) in [6, 6.07) is 7.20. The molecule has 1 aromatic carbocycles. The predicted molar refractivity (Wildman–Crippen MR) is 67.1 cm³/mol. The smallest absolute Gasteiger partial charge is 0.237 e. The van der Waals surface area contributed by atoms with E-state index >= 15 is 0 Å². The summed E-state index contributed by atoms with van der Waals surface area (Å²) < 4.78 is 0. The Morgan fingerprint density at radius 1 is 1.60 bits per heavy atom. The molecule has 4 heteroatoms. The maximum Gasteiger partial charge on any atom is 0.237 e. The van der Waals surface area contributed by atoms with Gasteiger partial charge in [0.15, 0.2) is 0 Å². The van der Waals surface area contributed by atoms with Crippen LogP contribution in [0.5, 0.6) is 0 Å². The summed E-state index contributed by atoms with van der Waals surface area (Å²) >= 11 is 1.62. The van der Waals surface area contributed by atoms with Crippen LogP contribution in [0.2, 0.25) is 0 Å².